The highest BCUT2D eigenvalue weighted by Crippen LogP contribution is 2.66. The van der Waals surface area contributed by atoms with Crippen molar-refractivity contribution in [3.63, 3.8) is 0 Å². The highest BCUT2D eigenvalue weighted by atomic mass is 16.5. The Balaban J connectivity index is 1.86. The fourth-order valence-corrected chi connectivity index (χ4v) is 7.91. The Morgan fingerprint density at radius 2 is 1.77 bits per heavy atom. The molecule has 3 heterocycles. The van der Waals surface area contributed by atoms with Gasteiger partial charge in [-0.3, -0.25) is 14.4 Å². The Morgan fingerprint density at radius 1 is 1.14 bits per heavy atom. The van der Waals surface area contributed by atoms with Crippen LogP contribution in [0.2, 0.25) is 0 Å². The number of aliphatic hydroxyl groups excluding tert-OH is 1. The number of anilines is 1. The van der Waals surface area contributed by atoms with Crippen molar-refractivity contribution >= 4 is 23.4 Å². The molecule has 3 unspecified atom stereocenters. The summed E-state index contributed by atoms with van der Waals surface area (Å²) in [7, 11) is 0. The topological polar surface area (TPSA) is 99.6 Å². The summed E-state index contributed by atoms with van der Waals surface area (Å²) in [4.78, 5) is 49.0. The van der Waals surface area contributed by atoms with Crippen molar-refractivity contribution < 1.29 is 29.0 Å². The van der Waals surface area contributed by atoms with Crippen molar-refractivity contribution in [1.29, 1.82) is 0 Å². The van der Waals surface area contributed by atoms with Gasteiger partial charge in [0.25, 0.3) is 0 Å². The van der Waals surface area contributed by atoms with Crippen molar-refractivity contribution in [3.05, 3.63) is 49.6 Å². The van der Waals surface area contributed by atoms with Crippen LogP contribution in [0.4, 0.5) is 5.69 Å². The molecule has 7 atom stereocenters. The molecule has 242 valence electrons. The number of benzene rings is 1. The average molecular weight is 610 g/mol. The summed E-state index contributed by atoms with van der Waals surface area (Å²) in [6.45, 7) is 22.3. The van der Waals surface area contributed by atoms with E-state index < -0.39 is 35.1 Å². The van der Waals surface area contributed by atoms with E-state index in [-0.39, 0.29) is 48.8 Å². The van der Waals surface area contributed by atoms with Crippen LogP contribution in [0.3, 0.4) is 0 Å². The van der Waals surface area contributed by atoms with Crippen molar-refractivity contribution in [2.75, 3.05) is 31.2 Å². The first kappa shape index (κ1) is 33.7. The Hall–Kier alpha value is -3.17. The Bertz CT molecular complexity index is 1250. The quantitative estimate of drug-likeness (QED) is 0.313. The van der Waals surface area contributed by atoms with E-state index in [4.69, 9.17) is 9.47 Å². The summed E-state index contributed by atoms with van der Waals surface area (Å²) in [5.41, 5.74) is -1.52. The van der Waals surface area contributed by atoms with E-state index >= 15 is 0 Å². The van der Waals surface area contributed by atoms with Crippen LogP contribution in [-0.2, 0) is 19.1 Å². The van der Waals surface area contributed by atoms with Gasteiger partial charge >= 0.3 is 0 Å². The van der Waals surface area contributed by atoms with E-state index in [1.807, 2.05) is 72.7 Å². The van der Waals surface area contributed by atoms with Crippen LogP contribution < -0.4 is 9.64 Å². The number of carbonyl (C=O) groups excluding carboxylic acids is 3. The van der Waals surface area contributed by atoms with Gasteiger partial charge in [-0.2, -0.15) is 0 Å². The molecule has 2 bridgehead atoms. The molecule has 0 aliphatic carbocycles. The first-order valence-electron chi connectivity index (χ1n) is 16.0. The highest BCUT2D eigenvalue weighted by molar-refractivity contribution is 6.03. The van der Waals surface area contributed by atoms with Gasteiger partial charge in [0.1, 0.15) is 17.4 Å². The number of nitrogens with zero attached hydrogens (tertiary/aromatic N) is 3. The molecule has 3 amide bonds. The van der Waals surface area contributed by atoms with Crippen LogP contribution in [0.25, 0.3) is 0 Å². The molecule has 4 rings (SSSR count). The van der Waals surface area contributed by atoms with Gasteiger partial charge in [-0.1, -0.05) is 32.9 Å². The van der Waals surface area contributed by atoms with Gasteiger partial charge in [0.05, 0.1) is 36.7 Å². The molecule has 3 aliphatic rings. The highest BCUT2D eigenvalue weighted by Gasteiger charge is 2.80. The normalized spacial score (nSPS) is 29.6. The van der Waals surface area contributed by atoms with Gasteiger partial charge in [0, 0.05) is 24.8 Å². The molecule has 0 radical (unpaired) electrons. The third kappa shape index (κ3) is 5.47. The number of likely N-dealkylation sites (tertiary alicyclic amines) is 1. The maximum Gasteiger partial charge on any atom is 0.248 e. The molecule has 0 saturated carbocycles. The van der Waals surface area contributed by atoms with Crippen molar-refractivity contribution in [2.24, 2.45) is 23.7 Å². The molecule has 3 saturated heterocycles. The van der Waals surface area contributed by atoms with E-state index in [1.165, 1.54) is 0 Å². The van der Waals surface area contributed by atoms with E-state index in [0.717, 1.165) is 0 Å². The van der Waals surface area contributed by atoms with Crippen molar-refractivity contribution in [3.8, 4) is 5.75 Å². The fourth-order valence-electron chi connectivity index (χ4n) is 7.91. The van der Waals surface area contributed by atoms with E-state index in [2.05, 4.69) is 13.2 Å². The fraction of sp³-hybridized carbons (Fsp3) is 0.629. The smallest absolute Gasteiger partial charge is 0.248 e. The third-order valence-corrected chi connectivity index (χ3v) is 9.87. The number of hydrogen-bond donors (Lipinski definition) is 1. The molecular weight excluding hydrogens is 558 g/mol. The lowest BCUT2D eigenvalue weighted by molar-refractivity contribution is -0.156. The number of amides is 3. The second kappa shape index (κ2) is 13.1. The van der Waals surface area contributed by atoms with Crippen LogP contribution in [-0.4, -0.2) is 88.3 Å². The predicted octanol–water partition coefficient (Wildman–Crippen LogP) is 4.45. The van der Waals surface area contributed by atoms with Gasteiger partial charge in [-0.25, -0.2) is 0 Å². The first-order valence-corrected chi connectivity index (χ1v) is 16.0. The Morgan fingerprint density at radius 3 is 2.30 bits per heavy atom. The number of rotatable bonds is 14. The van der Waals surface area contributed by atoms with Crippen LogP contribution in [0, 0.1) is 23.7 Å². The molecule has 3 fully saturated rings. The van der Waals surface area contributed by atoms with E-state index in [1.54, 1.807) is 26.9 Å². The summed E-state index contributed by atoms with van der Waals surface area (Å²) in [6.07, 6.45) is 4.32. The average Bonchev–Trinajstić information content (AvgIpc) is 3.49. The molecule has 9 heteroatoms. The summed E-state index contributed by atoms with van der Waals surface area (Å²) >= 11 is 0. The number of carbonyl (C=O) groups is 3. The third-order valence-electron chi connectivity index (χ3n) is 9.87. The monoisotopic (exact) mass is 609 g/mol. The minimum absolute atomic E-state index is 0.105. The zero-order chi connectivity index (χ0) is 32.6. The lowest BCUT2D eigenvalue weighted by atomic mass is 9.62. The number of aliphatic hydroxyl groups is 1. The minimum Gasteiger partial charge on any atom is -0.494 e. The maximum atomic E-state index is 14.8. The first-order chi connectivity index (χ1) is 20.8. The van der Waals surface area contributed by atoms with Gasteiger partial charge < -0.3 is 29.3 Å². The van der Waals surface area contributed by atoms with Crippen molar-refractivity contribution in [1.82, 2.24) is 9.80 Å². The Kier molecular flexibility index (Phi) is 10.0. The molecular formula is C35H51N3O6. The second-order valence-electron chi connectivity index (χ2n) is 13.5. The molecule has 9 nitrogen and oxygen atoms in total. The van der Waals surface area contributed by atoms with Gasteiger partial charge in [-0.05, 0) is 76.6 Å². The summed E-state index contributed by atoms with van der Waals surface area (Å²) in [5, 5.41) is 10.6. The van der Waals surface area contributed by atoms with Crippen LogP contribution in [0.1, 0.15) is 61.3 Å². The van der Waals surface area contributed by atoms with E-state index in [9.17, 15) is 19.5 Å². The van der Waals surface area contributed by atoms with Gasteiger partial charge in [-0.15, -0.1) is 13.2 Å². The molecule has 44 heavy (non-hydrogen) atoms. The molecule has 1 N–H and O–H groups in total. The van der Waals surface area contributed by atoms with Gasteiger partial charge in [0.15, 0.2) is 0 Å². The SMILES string of the molecule is C=CCN(C(=O)[C@H]1[C@H]2C(=O)N([C@@H](CO)CC(C)C)C(C(=O)N(CC=C)C(C)C)C23CC(C)[C@]1(C)O3)c1ccc(OCC)cc1. The standard InChI is InChI=1S/C35H51N3O6/c1-10-17-36(23(6)7)33(42)30-35-20-24(8)34(9,44-35)28(29(35)32(41)38(30)26(21-39)19-22(4)5)31(40)37(18-11-2)25-13-15-27(16-14-25)43-12-3/h10-11,13-16,22-24,26,28-30,39H,1-2,12,17-21H2,3-9H3/t24?,26-,28-,29+,30?,34+,35?/m1/s1. The van der Waals surface area contributed by atoms with Crippen LogP contribution in [0.15, 0.2) is 49.6 Å². The zero-order valence-corrected chi connectivity index (χ0v) is 27.5. The minimum atomic E-state index is -1.21. The second-order valence-corrected chi connectivity index (χ2v) is 13.5. The summed E-state index contributed by atoms with van der Waals surface area (Å²) in [5.74, 6) is -1.74. The van der Waals surface area contributed by atoms with Gasteiger partial charge in [0.2, 0.25) is 17.7 Å². The van der Waals surface area contributed by atoms with Crippen molar-refractivity contribution in [2.45, 2.75) is 90.6 Å². The Labute approximate surface area is 262 Å². The lowest BCUT2D eigenvalue weighted by Crippen LogP contribution is -2.60. The van der Waals surface area contributed by atoms with Crippen LogP contribution >= 0.6 is 0 Å². The summed E-state index contributed by atoms with van der Waals surface area (Å²) in [6, 6.07) is 5.58. The maximum absolute atomic E-state index is 14.8. The number of hydrogen-bond acceptors (Lipinski definition) is 6. The predicted molar refractivity (Wildman–Crippen MR) is 171 cm³/mol. The lowest BCUT2D eigenvalue weighted by Gasteiger charge is -2.41. The molecule has 0 aromatic heterocycles. The zero-order valence-electron chi connectivity index (χ0n) is 27.5. The largest absolute Gasteiger partial charge is 0.494 e. The van der Waals surface area contributed by atoms with E-state index in [0.29, 0.717) is 37.4 Å². The van der Waals surface area contributed by atoms with Crippen LogP contribution in [0.5, 0.6) is 5.75 Å². The number of ether oxygens (including phenoxy) is 2. The summed E-state index contributed by atoms with van der Waals surface area (Å²) < 4.78 is 12.6. The molecule has 1 aromatic rings. The number of fused-ring (bicyclic) bond motifs is 1. The molecule has 1 spiro atoms. The molecule has 3 aliphatic heterocycles. The molecule has 1 aromatic carbocycles.